The molecule has 2 saturated heterocycles. The van der Waals surface area contributed by atoms with Crippen molar-refractivity contribution in [3.05, 3.63) is 35.5 Å². The molecule has 0 spiro atoms. The lowest BCUT2D eigenvalue weighted by Gasteiger charge is -2.29. The standard InChI is InChI=1S/C12H12F3NO3.C9H12N4O3/c13-12(14,15)11(18)9-2-1-8(7-10(9)17)16-3-5-19-6-4-16;10-7-6(8(14)15)5-11-9(12-7)13-1-3-16-4-2-13/h1-2,7,17H,3-6H2;5H,1-4H2,(H,14,15)(H2,10,11,12). The van der Waals surface area contributed by atoms with Gasteiger partial charge in [0.15, 0.2) is 0 Å². The number of benzene rings is 1. The molecule has 3 heterocycles. The van der Waals surface area contributed by atoms with E-state index in [1.807, 2.05) is 9.80 Å². The highest BCUT2D eigenvalue weighted by Crippen LogP contribution is 2.30. The Kier molecular flexibility index (Phi) is 8.30. The smallest absolute Gasteiger partial charge is 0.455 e. The molecule has 0 saturated carbocycles. The Morgan fingerprint density at radius 3 is 2.03 bits per heavy atom. The highest BCUT2D eigenvalue weighted by atomic mass is 19.4. The number of halogens is 3. The van der Waals surface area contributed by atoms with Gasteiger partial charge in [-0.1, -0.05) is 0 Å². The molecule has 0 radical (unpaired) electrons. The van der Waals surface area contributed by atoms with Crippen LogP contribution in [-0.2, 0) is 9.47 Å². The summed E-state index contributed by atoms with van der Waals surface area (Å²) in [5.74, 6) is -3.38. The lowest BCUT2D eigenvalue weighted by molar-refractivity contribution is -0.0886. The predicted octanol–water partition coefficient (Wildman–Crippen LogP) is 1.57. The SMILES string of the molecule is Nc1nc(N2CCOCC2)ncc1C(=O)O.O=C(c1ccc(N2CCOCC2)cc1O)C(F)(F)F. The van der Waals surface area contributed by atoms with Gasteiger partial charge in [0.05, 0.1) is 32.0 Å². The van der Waals surface area contributed by atoms with E-state index in [0.29, 0.717) is 64.2 Å². The fourth-order valence-electron chi connectivity index (χ4n) is 3.35. The second-order valence-electron chi connectivity index (χ2n) is 7.50. The van der Waals surface area contributed by atoms with Crippen LogP contribution in [0.3, 0.4) is 0 Å². The molecule has 11 nitrogen and oxygen atoms in total. The molecule has 0 atom stereocenters. The number of phenols is 1. The molecule has 4 N–H and O–H groups in total. The van der Waals surface area contributed by atoms with E-state index in [1.54, 1.807) is 0 Å². The Morgan fingerprint density at radius 1 is 0.971 bits per heavy atom. The zero-order valence-electron chi connectivity index (χ0n) is 18.5. The van der Waals surface area contributed by atoms with Crippen molar-refractivity contribution in [1.82, 2.24) is 9.97 Å². The predicted molar refractivity (Wildman–Crippen MR) is 118 cm³/mol. The number of nitrogens with zero attached hydrogens (tertiary/aromatic N) is 4. The molecule has 0 amide bonds. The van der Waals surface area contributed by atoms with E-state index in [2.05, 4.69) is 9.97 Å². The molecule has 190 valence electrons. The fraction of sp³-hybridized carbons (Fsp3) is 0.429. The topological polar surface area (TPSA) is 151 Å². The van der Waals surface area contributed by atoms with E-state index in [0.717, 1.165) is 6.07 Å². The van der Waals surface area contributed by atoms with Gasteiger partial charge >= 0.3 is 12.1 Å². The lowest BCUT2D eigenvalue weighted by Crippen LogP contribution is -2.37. The molecule has 0 bridgehead atoms. The molecule has 14 heteroatoms. The summed E-state index contributed by atoms with van der Waals surface area (Å²) in [6.07, 6.45) is -3.76. The molecule has 1 aromatic carbocycles. The molecular weight excluding hydrogens is 475 g/mol. The molecule has 2 aromatic rings. The number of aromatic carboxylic acids is 1. The minimum Gasteiger partial charge on any atom is -0.507 e. The maximum absolute atomic E-state index is 12.3. The van der Waals surface area contributed by atoms with Gasteiger partial charge < -0.3 is 35.2 Å². The van der Waals surface area contributed by atoms with Crippen molar-refractivity contribution in [2.45, 2.75) is 6.18 Å². The number of rotatable bonds is 4. The summed E-state index contributed by atoms with van der Waals surface area (Å²) in [4.78, 5) is 33.5. The number of Topliss-reactive ketones (excluding diaryl/α,β-unsaturated/α-hetero) is 1. The van der Waals surface area contributed by atoms with Gasteiger partial charge in [0.25, 0.3) is 5.78 Å². The Hall–Kier alpha value is -3.65. The molecule has 4 rings (SSSR count). The second-order valence-corrected chi connectivity index (χ2v) is 7.50. The number of carboxylic acid groups (broad SMARTS) is 1. The maximum Gasteiger partial charge on any atom is 0.455 e. The number of phenolic OH excluding ortho intramolecular Hbond substituents is 1. The third-order valence-corrected chi connectivity index (χ3v) is 5.19. The van der Waals surface area contributed by atoms with Crippen LogP contribution in [-0.4, -0.2) is 90.7 Å². The summed E-state index contributed by atoms with van der Waals surface area (Å²) in [5.41, 5.74) is 5.30. The number of hydrogen-bond acceptors (Lipinski definition) is 10. The molecule has 1 aromatic heterocycles. The van der Waals surface area contributed by atoms with Crippen LogP contribution in [0.15, 0.2) is 24.4 Å². The summed E-state index contributed by atoms with van der Waals surface area (Å²) in [6, 6.07) is 3.56. The van der Waals surface area contributed by atoms with E-state index < -0.39 is 29.2 Å². The van der Waals surface area contributed by atoms with Gasteiger partial charge in [0.2, 0.25) is 5.95 Å². The van der Waals surface area contributed by atoms with Crippen molar-refractivity contribution in [1.29, 1.82) is 0 Å². The Balaban J connectivity index is 0.000000198. The average molecular weight is 499 g/mol. The minimum atomic E-state index is -4.99. The maximum atomic E-state index is 12.3. The highest BCUT2D eigenvalue weighted by molar-refractivity contribution is 6.02. The zero-order valence-corrected chi connectivity index (χ0v) is 18.5. The Bertz CT molecular complexity index is 1060. The quantitative estimate of drug-likeness (QED) is 0.526. The van der Waals surface area contributed by atoms with Crippen LogP contribution < -0.4 is 15.5 Å². The van der Waals surface area contributed by atoms with E-state index >= 15 is 0 Å². The second kappa shape index (κ2) is 11.2. The van der Waals surface area contributed by atoms with Gasteiger partial charge in [-0.2, -0.15) is 18.2 Å². The number of aromatic hydroxyl groups is 1. The van der Waals surface area contributed by atoms with Crippen molar-refractivity contribution >= 4 is 29.2 Å². The number of carboxylic acids is 1. The fourth-order valence-corrected chi connectivity index (χ4v) is 3.35. The largest absolute Gasteiger partial charge is 0.507 e. The lowest BCUT2D eigenvalue weighted by atomic mass is 10.1. The van der Waals surface area contributed by atoms with Crippen LogP contribution in [0.2, 0.25) is 0 Å². The van der Waals surface area contributed by atoms with Crippen LogP contribution in [0.25, 0.3) is 0 Å². The first-order valence-corrected chi connectivity index (χ1v) is 10.5. The van der Waals surface area contributed by atoms with E-state index in [4.69, 9.17) is 20.3 Å². The summed E-state index contributed by atoms with van der Waals surface area (Å²) in [7, 11) is 0. The molecule has 2 aliphatic heterocycles. The molecule has 35 heavy (non-hydrogen) atoms. The molecule has 2 fully saturated rings. The number of ketones is 1. The monoisotopic (exact) mass is 499 g/mol. The van der Waals surface area contributed by atoms with Crippen molar-refractivity contribution in [3.63, 3.8) is 0 Å². The van der Waals surface area contributed by atoms with E-state index in [-0.39, 0.29) is 11.4 Å². The van der Waals surface area contributed by atoms with Gasteiger partial charge in [-0.25, -0.2) is 9.78 Å². The van der Waals surface area contributed by atoms with Crippen molar-refractivity contribution < 1.29 is 42.4 Å². The number of carbonyl (C=O) groups excluding carboxylic acids is 1. The first-order valence-electron chi connectivity index (χ1n) is 10.5. The van der Waals surface area contributed by atoms with Crippen LogP contribution in [0.1, 0.15) is 20.7 Å². The Morgan fingerprint density at radius 2 is 1.54 bits per heavy atom. The molecular formula is C21H24F3N5O6. The Labute approximate surface area is 197 Å². The van der Waals surface area contributed by atoms with Crippen LogP contribution in [0, 0.1) is 0 Å². The summed E-state index contributed by atoms with van der Waals surface area (Å²) in [6.45, 7) is 4.82. The van der Waals surface area contributed by atoms with Gasteiger partial charge in [-0.3, -0.25) is 4.79 Å². The third-order valence-electron chi connectivity index (χ3n) is 5.19. The summed E-state index contributed by atoms with van der Waals surface area (Å²) in [5, 5.41) is 18.4. The number of anilines is 3. The number of carbonyl (C=O) groups is 2. The highest BCUT2D eigenvalue weighted by Gasteiger charge is 2.40. The molecule has 0 aliphatic carbocycles. The number of hydrogen-bond donors (Lipinski definition) is 3. The average Bonchev–Trinajstić information content (AvgIpc) is 2.84. The first-order chi connectivity index (χ1) is 16.6. The van der Waals surface area contributed by atoms with Crippen molar-refractivity contribution in [2.75, 3.05) is 68.1 Å². The van der Waals surface area contributed by atoms with Gasteiger partial charge in [0.1, 0.15) is 17.1 Å². The number of nitrogen functional groups attached to an aromatic ring is 1. The van der Waals surface area contributed by atoms with Gasteiger partial charge in [-0.15, -0.1) is 0 Å². The number of alkyl halides is 3. The summed E-state index contributed by atoms with van der Waals surface area (Å²) < 4.78 is 47.2. The molecule has 2 aliphatic rings. The van der Waals surface area contributed by atoms with Crippen molar-refractivity contribution in [3.8, 4) is 5.75 Å². The van der Waals surface area contributed by atoms with E-state index in [9.17, 15) is 27.9 Å². The zero-order chi connectivity index (χ0) is 25.6. The number of morpholine rings is 2. The van der Waals surface area contributed by atoms with Crippen LogP contribution in [0.5, 0.6) is 5.75 Å². The number of aromatic nitrogens is 2. The number of ether oxygens (including phenoxy) is 2. The van der Waals surface area contributed by atoms with E-state index in [1.165, 1.54) is 18.3 Å². The summed E-state index contributed by atoms with van der Waals surface area (Å²) >= 11 is 0. The van der Waals surface area contributed by atoms with Gasteiger partial charge in [-0.05, 0) is 12.1 Å². The minimum absolute atomic E-state index is 0.0102. The van der Waals surface area contributed by atoms with Gasteiger partial charge in [0, 0.05) is 44.1 Å². The molecule has 0 unspecified atom stereocenters. The van der Waals surface area contributed by atoms with Crippen LogP contribution >= 0.6 is 0 Å². The number of nitrogens with two attached hydrogens (primary N) is 1. The van der Waals surface area contributed by atoms with Crippen molar-refractivity contribution in [2.24, 2.45) is 0 Å². The first kappa shape index (κ1) is 26.0. The van der Waals surface area contributed by atoms with Crippen LogP contribution in [0.4, 0.5) is 30.6 Å². The normalized spacial score (nSPS) is 16.3. The third kappa shape index (κ3) is 6.70.